The van der Waals surface area contributed by atoms with Gasteiger partial charge in [-0.25, -0.2) is 4.98 Å². The minimum Gasteiger partial charge on any atom is -0.331 e. The van der Waals surface area contributed by atoms with E-state index in [0.29, 0.717) is 6.04 Å². The van der Waals surface area contributed by atoms with Gasteiger partial charge in [-0.1, -0.05) is 0 Å². The Morgan fingerprint density at radius 2 is 2.08 bits per heavy atom. The third-order valence-electron chi connectivity index (χ3n) is 2.99. The summed E-state index contributed by atoms with van der Waals surface area (Å²) in [7, 11) is 0. The molecule has 0 bridgehead atoms. The predicted molar refractivity (Wildman–Crippen MR) is 52.8 cm³/mol. The molecule has 0 amide bonds. The lowest BCUT2D eigenvalue weighted by molar-refractivity contribution is 0.363. The van der Waals surface area contributed by atoms with Gasteiger partial charge in [0.05, 0.1) is 12.0 Å². The molecule has 3 heteroatoms. The molecule has 0 spiro atoms. The quantitative estimate of drug-likeness (QED) is 0.706. The molecule has 72 valence electrons. The lowest BCUT2D eigenvalue weighted by Gasteiger charge is -2.25. The second-order valence-electron chi connectivity index (χ2n) is 3.80. The maximum Gasteiger partial charge on any atom is 0.0954 e. The monoisotopic (exact) mass is 179 g/mol. The van der Waals surface area contributed by atoms with Gasteiger partial charge in [-0.2, -0.15) is 0 Å². The molecule has 1 saturated heterocycles. The first-order chi connectivity index (χ1) is 6.29. The predicted octanol–water partition coefficient (Wildman–Crippen LogP) is 1.42. The fraction of sp³-hybridized carbons (Fsp3) is 0.700. The van der Waals surface area contributed by atoms with Crippen LogP contribution in [0.1, 0.15) is 30.3 Å². The van der Waals surface area contributed by atoms with Crippen LogP contribution in [0, 0.1) is 13.8 Å². The van der Waals surface area contributed by atoms with Gasteiger partial charge >= 0.3 is 0 Å². The van der Waals surface area contributed by atoms with Crippen molar-refractivity contribution in [3.05, 3.63) is 17.7 Å². The highest BCUT2D eigenvalue weighted by Gasteiger charge is 2.16. The van der Waals surface area contributed by atoms with Crippen LogP contribution in [-0.2, 0) is 0 Å². The van der Waals surface area contributed by atoms with Crippen LogP contribution in [0.3, 0.4) is 0 Å². The summed E-state index contributed by atoms with van der Waals surface area (Å²) in [6, 6.07) is 0.669. The molecule has 0 atom stereocenters. The van der Waals surface area contributed by atoms with Crippen LogP contribution in [0.15, 0.2) is 6.33 Å². The minimum absolute atomic E-state index is 0.669. The van der Waals surface area contributed by atoms with Crippen LogP contribution < -0.4 is 5.32 Å². The van der Waals surface area contributed by atoms with E-state index in [1.54, 1.807) is 0 Å². The van der Waals surface area contributed by atoms with Gasteiger partial charge in [0.2, 0.25) is 0 Å². The largest absolute Gasteiger partial charge is 0.331 e. The van der Waals surface area contributed by atoms with Crippen LogP contribution in [-0.4, -0.2) is 22.6 Å². The molecule has 1 fully saturated rings. The van der Waals surface area contributed by atoms with Gasteiger partial charge in [0.1, 0.15) is 0 Å². The van der Waals surface area contributed by atoms with Crippen LogP contribution >= 0.6 is 0 Å². The van der Waals surface area contributed by atoms with Crippen molar-refractivity contribution in [1.29, 1.82) is 0 Å². The Balaban J connectivity index is 2.18. The van der Waals surface area contributed by atoms with E-state index >= 15 is 0 Å². The lowest BCUT2D eigenvalue weighted by Crippen LogP contribution is -2.29. The molecule has 1 N–H and O–H groups in total. The third kappa shape index (κ3) is 1.61. The molecule has 1 aromatic rings. The molecule has 3 nitrogen and oxygen atoms in total. The van der Waals surface area contributed by atoms with E-state index in [2.05, 4.69) is 28.7 Å². The van der Waals surface area contributed by atoms with Crippen LogP contribution in [0.2, 0.25) is 0 Å². The Morgan fingerprint density at radius 1 is 1.38 bits per heavy atom. The smallest absolute Gasteiger partial charge is 0.0954 e. The Morgan fingerprint density at radius 3 is 2.62 bits per heavy atom. The van der Waals surface area contributed by atoms with Gasteiger partial charge in [-0.15, -0.1) is 0 Å². The van der Waals surface area contributed by atoms with Crippen molar-refractivity contribution in [3.63, 3.8) is 0 Å². The van der Waals surface area contributed by atoms with Crippen LogP contribution in [0.25, 0.3) is 0 Å². The summed E-state index contributed by atoms with van der Waals surface area (Å²) in [5.74, 6) is 0. The molecule has 0 radical (unpaired) electrons. The zero-order valence-electron chi connectivity index (χ0n) is 8.38. The van der Waals surface area contributed by atoms with Gasteiger partial charge in [-0.05, 0) is 39.8 Å². The molecular weight excluding hydrogens is 162 g/mol. The van der Waals surface area contributed by atoms with E-state index in [1.807, 2.05) is 6.33 Å². The van der Waals surface area contributed by atoms with Gasteiger partial charge in [0.25, 0.3) is 0 Å². The fourth-order valence-electron chi connectivity index (χ4n) is 1.97. The second-order valence-corrected chi connectivity index (χ2v) is 3.80. The van der Waals surface area contributed by atoms with Gasteiger partial charge in [0, 0.05) is 11.7 Å². The summed E-state index contributed by atoms with van der Waals surface area (Å²) in [4.78, 5) is 4.33. The topological polar surface area (TPSA) is 29.9 Å². The Labute approximate surface area is 79.2 Å². The number of aromatic nitrogens is 2. The molecular formula is C10H17N3. The molecule has 2 rings (SSSR count). The van der Waals surface area contributed by atoms with Gasteiger partial charge < -0.3 is 9.88 Å². The van der Waals surface area contributed by atoms with Gasteiger partial charge in [0.15, 0.2) is 0 Å². The second kappa shape index (κ2) is 3.50. The SMILES string of the molecule is Cc1ncn(C2CCNCC2)c1C. The first-order valence-electron chi connectivity index (χ1n) is 5.00. The first-order valence-corrected chi connectivity index (χ1v) is 5.00. The van der Waals surface area contributed by atoms with E-state index in [1.165, 1.54) is 24.2 Å². The summed E-state index contributed by atoms with van der Waals surface area (Å²) in [6.07, 6.45) is 4.45. The maximum atomic E-state index is 4.33. The van der Waals surface area contributed by atoms with Gasteiger partial charge in [-0.3, -0.25) is 0 Å². The Hall–Kier alpha value is -0.830. The highest BCUT2D eigenvalue weighted by Crippen LogP contribution is 2.21. The number of aryl methyl sites for hydroxylation is 1. The van der Waals surface area contributed by atoms with Crippen LogP contribution in [0.4, 0.5) is 0 Å². The van der Waals surface area contributed by atoms with Crippen molar-refractivity contribution < 1.29 is 0 Å². The molecule has 1 aliphatic heterocycles. The van der Waals surface area contributed by atoms with Crippen molar-refractivity contribution in [1.82, 2.24) is 14.9 Å². The summed E-state index contributed by atoms with van der Waals surface area (Å²) in [5.41, 5.74) is 2.49. The first kappa shape index (κ1) is 8.75. The average molecular weight is 179 g/mol. The number of hydrogen-bond donors (Lipinski definition) is 1. The molecule has 0 aliphatic carbocycles. The Bertz CT molecular complexity index is 284. The number of imidazole rings is 1. The molecule has 13 heavy (non-hydrogen) atoms. The molecule has 0 unspecified atom stereocenters. The highest BCUT2D eigenvalue weighted by molar-refractivity contribution is 5.10. The maximum absolute atomic E-state index is 4.33. The summed E-state index contributed by atoms with van der Waals surface area (Å²) in [5, 5.41) is 3.38. The fourth-order valence-corrected chi connectivity index (χ4v) is 1.97. The molecule has 0 saturated carbocycles. The lowest BCUT2D eigenvalue weighted by atomic mass is 10.1. The average Bonchev–Trinajstić information content (AvgIpc) is 2.49. The van der Waals surface area contributed by atoms with Crippen molar-refractivity contribution in [3.8, 4) is 0 Å². The van der Waals surface area contributed by atoms with Crippen molar-refractivity contribution in [2.75, 3.05) is 13.1 Å². The van der Waals surface area contributed by atoms with Crippen molar-refractivity contribution >= 4 is 0 Å². The van der Waals surface area contributed by atoms with Crippen LogP contribution in [0.5, 0.6) is 0 Å². The minimum atomic E-state index is 0.669. The van der Waals surface area contributed by atoms with E-state index in [4.69, 9.17) is 0 Å². The third-order valence-corrected chi connectivity index (χ3v) is 2.99. The highest BCUT2D eigenvalue weighted by atomic mass is 15.1. The molecule has 2 heterocycles. The normalized spacial score (nSPS) is 19.2. The number of hydrogen-bond acceptors (Lipinski definition) is 2. The summed E-state index contributed by atoms with van der Waals surface area (Å²) < 4.78 is 2.33. The summed E-state index contributed by atoms with van der Waals surface area (Å²) >= 11 is 0. The van der Waals surface area contributed by atoms with E-state index in [9.17, 15) is 0 Å². The standard InChI is InChI=1S/C10H17N3/c1-8-9(2)13(7-12-8)10-3-5-11-6-4-10/h7,10-11H,3-6H2,1-2H3. The zero-order chi connectivity index (χ0) is 9.26. The molecule has 1 aromatic heterocycles. The molecule has 0 aromatic carbocycles. The van der Waals surface area contributed by atoms with E-state index in [-0.39, 0.29) is 0 Å². The summed E-state index contributed by atoms with van der Waals surface area (Å²) in [6.45, 7) is 6.51. The number of piperidine rings is 1. The zero-order valence-corrected chi connectivity index (χ0v) is 8.38. The van der Waals surface area contributed by atoms with E-state index < -0.39 is 0 Å². The number of rotatable bonds is 1. The number of nitrogens with one attached hydrogen (secondary N) is 1. The van der Waals surface area contributed by atoms with Crippen molar-refractivity contribution in [2.24, 2.45) is 0 Å². The van der Waals surface area contributed by atoms with Crippen molar-refractivity contribution in [2.45, 2.75) is 32.7 Å². The number of nitrogens with zero attached hydrogens (tertiary/aromatic N) is 2. The van der Waals surface area contributed by atoms with E-state index in [0.717, 1.165) is 13.1 Å². The Kier molecular flexibility index (Phi) is 2.36. The molecule has 1 aliphatic rings.